The van der Waals surface area contributed by atoms with Gasteiger partial charge in [0, 0.05) is 12.3 Å². The van der Waals surface area contributed by atoms with Gasteiger partial charge in [0.25, 0.3) is 0 Å². The molecule has 0 saturated heterocycles. The van der Waals surface area contributed by atoms with E-state index in [1.165, 1.54) is 6.20 Å². The van der Waals surface area contributed by atoms with E-state index in [4.69, 9.17) is 30.9 Å². The number of aliphatic hydroxyl groups is 1. The fourth-order valence-corrected chi connectivity index (χ4v) is 1.15. The van der Waals surface area contributed by atoms with Crippen LogP contribution in [0.25, 0.3) is 0 Å². The van der Waals surface area contributed by atoms with Crippen LogP contribution in [0.1, 0.15) is 0 Å². The lowest BCUT2D eigenvalue weighted by Crippen LogP contribution is -2.12. The summed E-state index contributed by atoms with van der Waals surface area (Å²) >= 11 is 5.68. The smallest absolute Gasteiger partial charge is 0.213 e. The van der Waals surface area contributed by atoms with Crippen molar-refractivity contribution in [3.05, 3.63) is 23.4 Å². The zero-order chi connectivity index (χ0) is 12.3. The van der Waals surface area contributed by atoms with E-state index in [2.05, 4.69) is 4.98 Å². The number of rotatable bonds is 9. The highest BCUT2D eigenvalue weighted by atomic mass is 35.5. The molecule has 0 fully saturated rings. The van der Waals surface area contributed by atoms with Gasteiger partial charge in [-0.05, 0) is 6.07 Å². The summed E-state index contributed by atoms with van der Waals surface area (Å²) in [6, 6.07) is 3.42. The number of aliphatic hydroxyl groups excluding tert-OH is 1. The van der Waals surface area contributed by atoms with E-state index in [0.29, 0.717) is 43.9 Å². The Morgan fingerprint density at radius 2 is 1.76 bits per heavy atom. The maximum Gasteiger partial charge on any atom is 0.213 e. The summed E-state index contributed by atoms with van der Waals surface area (Å²) in [5.74, 6) is 0.523. The molecule has 0 unspecified atom stereocenters. The third-order valence-electron chi connectivity index (χ3n) is 1.79. The predicted molar refractivity (Wildman–Crippen MR) is 63.5 cm³/mol. The largest absolute Gasteiger partial charge is 0.475 e. The van der Waals surface area contributed by atoms with Gasteiger partial charge in [-0.2, -0.15) is 0 Å². The minimum atomic E-state index is 0.0331. The normalized spacial score (nSPS) is 10.5. The van der Waals surface area contributed by atoms with E-state index < -0.39 is 0 Å². The predicted octanol–water partition coefficient (Wildman–Crippen LogP) is 1.14. The Labute approximate surface area is 105 Å². The lowest BCUT2D eigenvalue weighted by atomic mass is 10.5. The van der Waals surface area contributed by atoms with E-state index >= 15 is 0 Å². The monoisotopic (exact) mass is 261 g/mol. The maximum atomic E-state index is 8.45. The molecule has 1 aromatic rings. The highest BCUT2D eigenvalue weighted by molar-refractivity contribution is 6.30. The van der Waals surface area contributed by atoms with Crippen molar-refractivity contribution in [1.29, 1.82) is 0 Å². The molecule has 1 rings (SSSR count). The zero-order valence-corrected chi connectivity index (χ0v) is 10.2. The molecule has 0 aromatic carbocycles. The molecular formula is C11H16ClNO4. The van der Waals surface area contributed by atoms with Gasteiger partial charge in [0.2, 0.25) is 5.88 Å². The van der Waals surface area contributed by atoms with Gasteiger partial charge in [0.15, 0.2) is 0 Å². The van der Waals surface area contributed by atoms with Gasteiger partial charge >= 0.3 is 0 Å². The number of pyridine rings is 1. The van der Waals surface area contributed by atoms with Crippen LogP contribution in [0.15, 0.2) is 18.3 Å². The van der Waals surface area contributed by atoms with Crippen molar-refractivity contribution >= 4 is 11.6 Å². The third kappa shape index (κ3) is 7.12. The van der Waals surface area contributed by atoms with Gasteiger partial charge < -0.3 is 19.3 Å². The topological polar surface area (TPSA) is 60.8 Å². The Morgan fingerprint density at radius 1 is 1.06 bits per heavy atom. The summed E-state index contributed by atoms with van der Waals surface area (Å²) < 4.78 is 15.6. The molecule has 0 aliphatic rings. The molecule has 0 aliphatic carbocycles. The van der Waals surface area contributed by atoms with E-state index in [-0.39, 0.29) is 6.61 Å². The van der Waals surface area contributed by atoms with Crippen molar-refractivity contribution in [3.8, 4) is 5.88 Å². The van der Waals surface area contributed by atoms with Crippen molar-refractivity contribution in [1.82, 2.24) is 4.98 Å². The first-order chi connectivity index (χ1) is 8.33. The Bertz CT molecular complexity index is 294. The van der Waals surface area contributed by atoms with Crippen LogP contribution in [0.5, 0.6) is 5.88 Å². The lowest BCUT2D eigenvalue weighted by molar-refractivity contribution is 0.0243. The minimum absolute atomic E-state index is 0.0331. The van der Waals surface area contributed by atoms with Crippen LogP contribution in [0, 0.1) is 0 Å². The summed E-state index contributed by atoms with van der Waals surface area (Å²) in [5.41, 5.74) is 0. The number of nitrogens with zero attached hydrogens (tertiary/aromatic N) is 1. The Hall–Kier alpha value is -0.880. The summed E-state index contributed by atoms with van der Waals surface area (Å²) in [5, 5.41) is 9.03. The van der Waals surface area contributed by atoms with Crippen LogP contribution in [0.3, 0.4) is 0 Å². The number of halogens is 1. The molecule has 96 valence electrons. The lowest BCUT2D eigenvalue weighted by Gasteiger charge is -2.06. The number of hydrogen-bond acceptors (Lipinski definition) is 5. The quantitative estimate of drug-likeness (QED) is 0.676. The van der Waals surface area contributed by atoms with Crippen molar-refractivity contribution in [3.63, 3.8) is 0 Å². The molecule has 1 heterocycles. The van der Waals surface area contributed by atoms with E-state index in [0.717, 1.165) is 0 Å². The number of hydrogen-bond donors (Lipinski definition) is 1. The molecule has 0 aliphatic heterocycles. The summed E-state index contributed by atoms with van der Waals surface area (Å²) in [4.78, 5) is 3.97. The van der Waals surface area contributed by atoms with Crippen LogP contribution in [0.2, 0.25) is 5.02 Å². The van der Waals surface area contributed by atoms with Crippen LogP contribution in [-0.2, 0) is 9.47 Å². The fourth-order valence-electron chi connectivity index (χ4n) is 1.04. The van der Waals surface area contributed by atoms with E-state index in [1.54, 1.807) is 12.1 Å². The third-order valence-corrected chi connectivity index (χ3v) is 2.01. The first kappa shape index (κ1) is 14.2. The standard InChI is InChI=1S/C11H16ClNO4/c12-10-1-2-11(13-9-10)17-8-7-16-6-5-15-4-3-14/h1-2,9,14H,3-8H2. The summed E-state index contributed by atoms with van der Waals surface area (Å²) in [6.07, 6.45) is 1.53. The zero-order valence-electron chi connectivity index (χ0n) is 9.47. The van der Waals surface area contributed by atoms with Gasteiger partial charge in [0.1, 0.15) is 6.61 Å². The van der Waals surface area contributed by atoms with Gasteiger partial charge in [-0.1, -0.05) is 11.6 Å². The van der Waals surface area contributed by atoms with Crippen molar-refractivity contribution in [2.24, 2.45) is 0 Å². The molecule has 6 heteroatoms. The highest BCUT2D eigenvalue weighted by Crippen LogP contribution is 2.10. The molecule has 1 N–H and O–H groups in total. The molecule has 0 radical (unpaired) electrons. The van der Waals surface area contributed by atoms with Gasteiger partial charge in [-0.3, -0.25) is 0 Å². The van der Waals surface area contributed by atoms with Crippen LogP contribution < -0.4 is 4.74 Å². The minimum Gasteiger partial charge on any atom is -0.475 e. The molecule has 0 saturated carbocycles. The average molecular weight is 262 g/mol. The molecule has 17 heavy (non-hydrogen) atoms. The fraction of sp³-hybridized carbons (Fsp3) is 0.545. The van der Waals surface area contributed by atoms with Gasteiger partial charge in [-0.25, -0.2) is 4.98 Å². The molecule has 0 amide bonds. The van der Waals surface area contributed by atoms with E-state index in [1.807, 2.05) is 0 Å². The first-order valence-electron chi connectivity index (χ1n) is 5.33. The molecule has 0 atom stereocenters. The maximum absolute atomic E-state index is 8.45. The van der Waals surface area contributed by atoms with E-state index in [9.17, 15) is 0 Å². The van der Waals surface area contributed by atoms with Crippen molar-refractivity contribution < 1.29 is 19.3 Å². The molecule has 0 spiro atoms. The van der Waals surface area contributed by atoms with Gasteiger partial charge in [-0.15, -0.1) is 0 Å². The summed E-state index contributed by atoms with van der Waals surface area (Å²) in [6.45, 7) is 2.22. The Kier molecular flexibility index (Phi) is 7.66. The Balaban J connectivity index is 1.95. The Morgan fingerprint density at radius 3 is 2.41 bits per heavy atom. The second-order valence-corrected chi connectivity index (χ2v) is 3.55. The molecule has 1 aromatic heterocycles. The average Bonchev–Trinajstić information content (AvgIpc) is 2.35. The molecule has 5 nitrogen and oxygen atoms in total. The SMILES string of the molecule is OCCOCCOCCOc1ccc(Cl)cn1. The van der Waals surface area contributed by atoms with Crippen LogP contribution in [0.4, 0.5) is 0 Å². The molecule has 0 bridgehead atoms. The highest BCUT2D eigenvalue weighted by Gasteiger charge is 1.95. The van der Waals surface area contributed by atoms with Gasteiger partial charge in [0.05, 0.1) is 38.1 Å². The number of ether oxygens (including phenoxy) is 3. The summed E-state index contributed by atoms with van der Waals surface area (Å²) in [7, 11) is 0. The van der Waals surface area contributed by atoms with Crippen molar-refractivity contribution in [2.45, 2.75) is 0 Å². The van der Waals surface area contributed by atoms with Crippen molar-refractivity contribution in [2.75, 3.05) is 39.6 Å². The second-order valence-electron chi connectivity index (χ2n) is 3.11. The second kappa shape index (κ2) is 9.18. The number of aromatic nitrogens is 1. The first-order valence-corrected chi connectivity index (χ1v) is 5.71. The molecular weight excluding hydrogens is 246 g/mol. The van der Waals surface area contributed by atoms with Crippen LogP contribution in [-0.4, -0.2) is 49.7 Å². The van der Waals surface area contributed by atoms with Crippen LogP contribution >= 0.6 is 11.6 Å².